The molecule has 2 aliphatic rings. The van der Waals surface area contributed by atoms with Crippen LogP contribution in [0.5, 0.6) is 0 Å². The van der Waals surface area contributed by atoms with E-state index in [4.69, 9.17) is 4.74 Å². The smallest absolute Gasteiger partial charge is 0.316 e. The molecule has 5 atom stereocenters. The highest BCUT2D eigenvalue weighted by Crippen LogP contribution is 2.44. The van der Waals surface area contributed by atoms with E-state index < -0.39 is 5.92 Å². The van der Waals surface area contributed by atoms with Crippen LogP contribution in [0, 0.1) is 13.8 Å². The standard InChI is InChI=1S/C20H30NO3.C14H22N2O.BrH/c1-14(2)21(3)16-9-10-17(21)12-18(11-16)24-20(23)19(13-22)15-7-5-4-6-8-15;1-5-16(6-2)10-13(17)15-14-11(3)8-7-9-12(14)4;/h4-8,14,16-19,22H,9-13H2,1-3H3;7-9H,5-6,10H2,1-4H3,(H,15,17);1H/q+1;;/p-1/t16-,17+,18?,19?,21?;;. The van der Waals surface area contributed by atoms with Gasteiger partial charge in [0.15, 0.2) is 0 Å². The van der Waals surface area contributed by atoms with Crippen LogP contribution in [0.25, 0.3) is 0 Å². The van der Waals surface area contributed by atoms with E-state index in [1.54, 1.807) is 0 Å². The van der Waals surface area contributed by atoms with E-state index >= 15 is 0 Å². The Morgan fingerprint density at radius 3 is 2.00 bits per heavy atom. The monoisotopic (exact) mass is 645 g/mol. The number of carbonyl (C=O) groups excluding carboxylic acids is 2. The van der Waals surface area contributed by atoms with E-state index in [2.05, 4.69) is 45.0 Å². The molecule has 0 aromatic heterocycles. The molecule has 0 spiro atoms. The van der Waals surface area contributed by atoms with Crippen LogP contribution in [0.3, 0.4) is 0 Å². The van der Waals surface area contributed by atoms with E-state index in [1.165, 1.54) is 12.8 Å². The highest BCUT2D eigenvalue weighted by atomic mass is 79.9. The number of nitrogens with one attached hydrogen (secondary N) is 1. The number of hydrogen-bond donors (Lipinski definition) is 2. The van der Waals surface area contributed by atoms with Crippen LogP contribution in [0.4, 0.5) is 5.69 Å². The Labute approximate surface area is 264 Å². The number of fused-ring (bicyclic) bond motifs is 2. The molecule has 3 unspecified atom stereocenters. The van der Waals surface area contributed by atoms with Crippen molar-refractivity contribution in [2.75, 3.05) is 38.6 Å². The molecule has 2 fully saturated rings. The lowest BCUT2D eigenvalue weighted by Crippen LogP contribution is -3.00. The number of ether oxygens (including phenoxy) is 1. The van der Waals surface area contributed by atoms with E-state index in [1.807, 2.05) is 62.4 Å². The molecule has 7 nitrogen and oxygen atoms in total. The average Bonchev–Trinajstić information content (AvgIpc) is 3.11. The molecular formula is C34H52BrN3O4. The van der Waals surface area contributed by atoms with Gasteiger partial charge >= 0.3 is 5.97 Å². The Kier molecular flexibility index (Phi) is 14.2. The number of amides is 1. The maximum atomic E-state index is 12.6. The largest absolute Gasteiger partial charge is 1.00 e. The molecule has 2 aromatic rings. The number of carbonyl (C=O) groups is 2. The van der Waals surface area contributed by atoms with Crippen molar-refractivity contribution in [1.29, 1.82) is 0 Å². The van der Waals surface area contributed by atoms with Gasteiger partial charge in [-0.05, 0) is 57.5 Å². The lowest BCUT2D eigenvalue weighted by atomic mass is 9.94. The third-order valence-corrected chi connectivity index (χ3v) is 9.55. The minimum absolute atomic E-state index is 0. The Morgan fingerprint density at radius 1 is 0.976 bits per heavy atom. The normalized spacial score (nSPS) is 23.4. The maximum absolute atomic E-state index is 12.6. The first-order valence-electron chi connectivity index (χ1n) is 15.3. The highest BCUT2D eigenvalue weighted by molar-refractivity contribution is 5.93. The number of hydrogen-bond acceptors (Lipinski definition) is 5. The number of esters is 1. The molecule has 2 N–H and O–H groups in total. The summed E-state index contributed by atoms with van der Waals surface area (Å²) < 4.78 is 6.96. The number of quaternary nitrogens is 1. The minimum Gasteiger partial charge on any atom is -1.00 e. The van der Waals surface area contributed by atoms with Gasteiger partial charge in [-0.2, -0.15) is 0 Å². The van der Waals surface area contributed by atoms with Gasteiger partial charge in [-0.1, -0.05) is 62.4 Å². The van der Waals surface area contributed by atoms with Crippen molar-refractivity contribution >= 4 is 17.6 Å². The highest BCUT2D eigenvalue weighted by Gasteiger charge is 2.53. The number of benzene rings is 2. The molecule has 1 amide bonds. The molecule has 42 heavy (non-hydrogen) atoms. The molecule has 4 rings (SSSR count). The SMILES string of the molecule is CC(C)[N+]1(C)[C@@H]2CC[C@H]1CC(OC(=O)C(CO)c1ccccc1)C2.CCN(CC)CC(=O)Nc1c(C)cccc1C.[Br-]. The van der Waals surface area contributed by atoms with Crippen LogP contribution in [-0.2, 0) is 14.3 Å². The fraction of sp³-hybridized carbons (Fsp3) is 0.588. The lowest BCUT2D eigenvalue weighted by molar-refractivity contribution is -0.968. The van der Waals surface area contributed by atoms with E-state index in [-0.39, 0.29) is 41.6 Å². The summed E-state index contributed by atoms with van der Waals surface area (Å²) in [5.74, 6) is -0.795. The van der Waals surface area contributed by atoms with Crippen molar-refractivity contribution in [3.05, 3.63) is 65.2 Å². The second kappa shape index (κ2) is 16.6. The number of para-hydroxylation sites is 1. The molecule has 2 bridgehead atoms. The molecule has 2 heterocycles. The van der Waals surface area contributed by atoms with Crippen molar-refractivity contribution in [1.82, 2.24) is 4.90 Å². The van der Waals surface area contributed by atoms with Crippen LogP contribution in [0.2, 0.25) is 0 Å². The summed E-state index contributed by atoms with van der Waals surface area (Å²) in [4.78, 5) is 26.6. The van der Waals surface area contributed by atoms with Gasteiger partial charge in [0, 0.05) is 31.4 Å². The second-order valence-corrected chi connectivity index (χ2v) is 12.2. The summed E-state index contributed by atoms with van der Waals surface area (Å²) >= 11 is 0. The van der Waals surface area contributed by atoms with Crippen molar-refractivity contribution in [2.45, 2.75) is 97.4 Å². The molecule has 2 saturated heterocycles. The quantitative estimate of drug-likeness (QED) is 0.307. The lowest BCUT2D eigenvalue weighted by Gasteiger charge is -2.49. The minimum atomic E-state index is -0.572. The van der Waals surface area contributed by atoms with E-state index in [0.29, 0.717) is 24.7 Å². The zero-order valence-corrected chi connectivity index (χ0v) is 28.2. The van der Waals surface area contributed by atoms with Crippen molar-refractivity contribution in [3.63, 3.8) is 0 Å². The van der Waals surface area contributed by atoms with Crippen LogP contribution in [0.1, 0.15) is 76.0 Å². The molecule has 2 aliphatic heterocycles. The summed E-state index contributed by atoms with van der Waals surface area (Å²) in [5, 5.41) is 12.6. The van der Waals surface area contributed by atoms with Crippen molar-refractivity contribution in [3.8, 4) is 0 Å². The molecular weight excluding hydrogens is 594 g/mol. The molecule has 8 heteroatoms. The van der Waals surface area contributed by atoms with Gasteiger partial charge < -0.3 is 36.6 Å². The zero-order valence-electron chi connectivity index (χ0n) is 26.6. The number of rotatable bonds is 10. The van der Waals surface area contributed by atoms with Crippen LogP contribution in [-0.4, -0.2) is 83.9 Å². The van der Waals surface area contributed by atoms with Crippen molar-refractivity contribution in [2.24, 2.45) is 0 Å². The first kappa shape index (κ1) is 35.9. The number of aliphatic hydroxyl groups is 1. The van der Waals surface area contributed by atoms with Gasteiger partial charge in [0.25, 0.3) is 0 Å². The Balaban J connectivity index is 0.000000305. The Bertz CT molecular complexity index is 1100. The predicted octanol–water partition coefficient (Wildman–Crippen LogP) is 2.44. The third kappa shape index (κ3) is 8.65. The van der Waals surface area contributed by atoms with E-state index in [0.717, 1.165) is 52.8 Å². The fourth-order valence-corrected chi connectivity index (χ4v) is 6.66. The second-order valence-electron chi connectivity index (χ2n) is 12.2. The van der Waals surface area contributed by atoms with Crippen molar-refractivity contribution < 1.29 is 40.9 Å². The van der Waals surface area contributed by atoms with Crippen LogP contribution >= 0.6 is 0 Å². The molecule has 2 aromatic carbocycles. The van der Waals surface area contributed by atoms with Gasteiger partial charge in [-0.25, -0.2) is 0 Å². The zero-order chi connectivity index (χ0) is 30.2. The Morgan fingerprint density at radius 2 is 1.52 bits per heavy atom. The summed E-state index contributed by atoms with van der Waals surface area (Å²) in [6.45, 7) is 14.8. The summed E-state index contributed by atoms with van der Waals surface area (Å²) in [6.07, 6.45) is 4.36. The molecule has 0 radical (unpaired) electrons. The number of piperidine rings is 1. The summed E-state index contributed by atoms with van der Waals surface area (Å²) in [5.41, 5.74) is 3.99. The fourth-order valence-electron chi connectivity index (χ4n) is 6.66. The summed E-state index contributed by atoms with van der Waals surface area (Å²) in [7, 11) is 2.37. The summed E-state index contributed by atoms with van der Waals surface area (Å²) in [6, 6.07) is 17.2. The molecule has 0 aliphatic carbocycles. The van der Waals surface area contributed by atoms with E-state index in [9.17, 15) is 14.7 Å². The van der Waals surface area contributed by atoms with Gasteiger partial charge in [-0.3, -0.25) is 14.5 Å². The maximum Gasteiger partial charge on any atom is 0.316 e. The number of nitrogens with zero attached hydrogens (tertiary/aromatic N) is 2. The topological polar surface area (TPSA) is 78.9 Å². The number of anilines is 1. The number of aliphatic hydroxyl groups excluding tert-OH is 1. The Hall–Kier alpha value is -2.26. The number of halogens is 1. The van der Waals surface area contributed by atoms with Gasteiger partial charge in [0.05, 0.1) is 38.3 Å². The van der Waals surface area contributed by atoms with Crippen LogP contribution in [0.15, 0.2) is 48.5 Å². The van der Waals surface area contributed by atoms with Gasteiger partial charge in [0.2, 0.25) is 5.91 Å². The first-order chi connectivity index (χ1) is 19.5. The average molecular weight is 647 g/mol. The first-order valence-corrected chi connectivity index (χ1v) is 15.3. The predicted molar refractivity (Wildman–Crippen MR) is 166 cm³/mol. The third-order valence-electron chi connectivity index (χ3n) is 9.55. The van der Waals surface area contributed by atoms with Gasteiger partial charge in [0.1, 0.15) is 12.0 Å². The van der Waals surface area contributed by atoms with Crippen LogP contribution < -0.4 is 22.3 Å². The number of aryl methyl sites for hydroxylation is 2. The molecule has 234 valence electrons. The number of likely N-dealkylation sites (N-methyl/N-ethyl adjacent to an activating group) is 1. The molecule has 0 saturated carbocycles. The van der Waals surface area contributed by atoms with Gasteiger partial charge in [-0.15, -0.1) is 0 Å².